The maximum Gasteiger partial charge on any atom is 0.0547 e. The summed E-state index contributed by atoms with van der Waals surface area (Å²) in [6, 6.07) is 66.2. The Morgan fingerprint density at radius 1 is 0.333 bits per heavy atom. The summed E-state index contributed by atoms with van der Waals surface area (Å²) in [7, 11) is 0. The lowest BCUT2D eigenvalue weighted by Crippen LogP contribution is -1.97. The summed E-state index contributed by atoms with van der Waals surface area (Å²) in [6.45, 7) is 0. The van der Waals surface area contributed by atoms with Gasteiger partial charge in [0.25, 0.3) is 0 Å². The van der Waals surface area contributed by atoms with Crippen molar-refractivity contribution in [3.63, 3.8) is 0 Å². The molecule has 11 rings (SSSR count). The third-order valence-corrected chi connectivity index (χ3v) is 10.7. The zero-order valence-corrected chi connectivity index (χ0v) is 27.7. The Balaban J connectivity index is 1.14. The normalized spacial score (nSPS) is 11.9. The number of fused-ring (bicyclic) bond motifs is 9. The van der Waals surface area contributed by atoms with Crippen molar-refractivity contribution >= 4 is 65.4 Å². The molecule has 0 unspecified atom stereocenters. The molecule has 0 aliphatic carbocycles. The molecule has 0 aliphatic rings. The molecular formula is C48H31N3. The van der Waals surface area contributed by atoms with Gasteiger partial charge in [-0.2, -0.15) is 0 Å². The van der Waals surface area contributed by atoms with Crippen LogP contribution in [-0.4, -0.2) is 14.1 Å². The molecule has 0 amide bonds. The van der Waals surface area contributed by atoms with E-state index in [1.807, 2.05) is 0 Å². The second-order valence-corrected chi connectivity index (χ2v) is 13.4. The molecule has 0 aliphatic heterocycles. The minimum absolute atomic E-state index is 1.16. The van der Waals surface area contributed by atoms with Gasteiger partial charge in [0, 0.05) is 54.6 Å². The van der Waals surface area contributed by atoms with Crippen molar-refractivity contribution < 1.29 is 0 Å². The van der Waals surface area contributed by atoms with Crippen molar-refractivity contribution in [2.45, 2.75) is 0 Å². The molecule has 3 nitrogen and oxygen atoms in total. The topological polar surface area (TPSA) is 25.6 Å². The van der Waals surface area contributed by atoms with Gasteiger partial charge in [-0.3, -0.25) is 0 Å². The molecule has 0 fully saturated rings. The van der Waals surface area contributed by atoms with Gasteiger partial charge in [-0.15, -0.1) is 0 Å². The van der Waals surface area contributed by atoms with E-state index in [0.717, 1.165) is 11.0 Å². The van der Waals surface area contributed by atoms with Crippen LogP contribution < -0.4 is 0 Å². The molecular weight excluding hydrogens is 619 g/mol. The molecule has 3 heteroatoms. The van der Waals surface area contributed by atoms with Gasteiger partial charge in [-0.05, 0) is 83.4 Å². The van der Waals surface area contributed by atoms with Crippen LogP contribution in [0.5, 0.6) is 0 Å². The summed E-state index contributed by atoms with van der Waals surface area (Å²) in [6.07, 6.45) is 0. The van der Waals surface area contributed by atoms with Gasteiger partial charge in [0.2, 0.25) is 0 Å². The van der Waals surface area contributed by atoms with E-state index in [4.69, 9.17) is 0 Å². The zero-order chi connectivity index (χ0) is 33.5. The Morgan fingerprint density at radius 3 is 1.80 bits per heavy atom. The predicted octanol–water partition coefficient (Wildman–Crippen LogP) is 12.8. The number of hydrogen-bond donors (Lipinski definition) is 1. The molecule has 8 aromatic carbocycles. The Labute approximate surface area is 294 Å². The first kappa shape index (κ1) is 28.0. The highest BCUT2D eigenvalue weighted by atomic mass is 15.0. The van der Waals surface area contributed by atoms with E-state index in [1.54, 1.807) is 0 Å². The second-order valence-electron chi connectivity index (χ2n) is 13.4. The van der Waals surface area contributed by atoms with Crippen LogP contribution in [0.15, 0.2) is 182 Å². The van der Waals surface area contributed by atoms with Crippen LogP contribution in [0.3, 0.4) is 0 Å². The van der Waals surface area contributed by atoms with E-state index in [2.05, 4.69) is 196 Å². The summed E-state index contributed by atoms with van der Waals surface area (Å²) in [5.41, 5.74) is 14.3. The van der Waals surface area contributed by atoms with E-state index < -0.39 is 0 Å². The second kappa shape index (κ2) is 10.8. The average Bonchev–Trinajstić information content (AvgIpc) is 3.85. The molecule has 3 heterocycles. The fourth-order valence-electron chi connectivity index (χ4n) is 8.44. The van der Waals surface area contributed by atoms with Gasteiger partial charge < -0.3 is 14.1 Å². The molecule has 0 atom stereocenters. The fourth-order valence-corrected chi connectivity index (χ4v) is 8.44. The summed E-state index contributed by atoms with van der Waals surface area (Å²) in [4.78, 5) is 3.59. The first-order valence-corrected chi connectivity index (χ1v) is 17.5. The van der Waals surface area contributed by atoms with Crippen LogP contribution in [0.25, 0.3) is 99.0 Å². The summed E-state index contributed by atoms with van der Waals surface area (Å²) in [5, 5.41) is 7.52. The van der Waals surface area contributed by atoms with Gasteiger partial charge in [0.1, 0.15) is 0 Å². The number of aromatic amines is 1. The summed E-state index contributed by atoms with van der Waals surface area (Å²) >= 11 is 0. The van der Waals surface area contributed by atoms with Crippen LogP contribution in [0.4, 0.5) is 0 Å². The van der Waals surface area contributed by atoms with Crippen molar-refractivity contribution in [3.05, 3.63) is 182 Å². The number of nitrogens with zero attached hydrogens (tertiary/aromatic N) is 2. The lowest BCUT2D eigenvalue weighted by atomic mass is 9.98. The lowest BCUT2D eigenvalue weighted by molar-refractivity contribution is 1.18. The molecule has 0 bridgehead atoms. The maximum absolute atomic E-state index is 3.59. The van der Waals surface area contributed by atoms with Gasteiger partial charge in [-0.1, -0.05) is 115 Å². The van der Waals surface area contributed by atoms with Gasteiger partial charge in [-0.25, -0.2) is 0 Å². The van der Waals surface area contributed by atoms with Crippen LogP contribution in [0.1, 0.15) is 0 Å². The highest BCUT2D eigenvalue weighted by Crippen LogP contribution is 2.42. The van der Waals surface area contributed by atoms with Crippen LogP contribution >= 0.6 is 0 Å². The van der Waals surface area contributed by atoms with E-state index in [9.17, 15) is 0 Å². The molecule has 238 valence electrons. The van der Waals surface area contributed by atoms with E-state index in [0.29, 0.717) is 0 Å². The lowest BCUT2D eigenvalue weighted by Gasteiger charge is -2.14. The molecule has 0 saturated heterocycles. The highest BCUT2D eigenvalue weighted by Gasteiger charge is 2.19. The molecule has 11 aromatic rings. The molecule has 1 N–H and O–H groups in total. The van der Waals surface area contributed by atoms with Crippen LogP contribution in [0, 0.1) is 0 Å². The smallest absolute Gasteiger partial charge is 0.0547 e. The van der Waals surface area contributed by atoms with Crippen molar-refractivity contribution in [2.24, 2.45) is 0 Å². The largest absolute Gasteiger partial charge is 0.355 e. The average molecular weight is 650 g/mol. The Hall–Kier alpha value is -6.84. The van der Waals surface area contributed by atoms with Crippen LogP contribution in [0.2, 0.25) is 0 Å². The summed E-state index contributed by atoms with van der Waals surface area (Å²) < 4.78 is 4.84. The quantitative estimate of drug-likeness (QED) is 0.196. The fraction of sp³-hybridized carbons (Fsp3) is 0. The number of nitrogens with one attached hydrogen (secondary N) is 1. The molecule has 0 radical (unpaired) electrons. The number of para-hydroxylation sites is 5. The minimum atomic E-state index is 1.16. The first-order chi connectivity index (χ1) is 25.3. The summed E-state index contributed by atoms with van der Waals surface area (Å²) in [5.74, 6) is 0. The Kier molecular flexibility index (Phi) is 5.96. The highest BCUT2D eigenvalue weighted by molar-refractivity contribution is 6.17. The third-order valence-electron chi connectivity index (χ3n) is 10.7. The maximum atomic E-state index is 3.59. The Bertz CT molecular complexity index is 3140. The van der Waals surface area contributed by atoms with Gasteiger partial charge >= 0.3 is 0 Å². The minimum Gasteiger partial charge on any atom is -0.355 e. The number of rotatable bonds is 4. The number of benzene rings is 8. The molecule has 0 spiro atoms. The zero-order valence-electron chi connectivity index (χ0n) is 27.7. The molecule has 51 heavy (non-hydrogen) atoms. The van der Waals surface area contributed by atoms with Crippen molar-refractivity contribution in [3.8, 4) is 33.6 Å². The first-order valence-electron chi connectivity index (χ1n) is 17.5. The van der Waals surface area contributed by atoms with E-state index in [1.165, 1.54) is 88.0 Å². The van der Waals surface area contributed by atoms with E-state index >= 15 is 0 Å². The molecule has 0 saturated carbocycles. The predicted molar refractivity (Wildman–Crippen MR) is 215 cm³/mol. The van der Waals surface area contributed by atoms with Crippen LogP contribution in [-0.2, 0) is 0 Å². The van der Waals surface area contributed by atoms with Crippen molar-refractivity contribution in [1.29, 1.82) is 0 Å². The van der Waals surface area contributed by atoms with Gasteiger partial charge in [0.05, 0.1) is 27.8 Å². The third kappa shape index (κ3) is 4.12. The SMILES string of the molecule is c1ccc(-n2c3ccccc3c3c(-c4ccc5c(c4)c4ccccc4n5-c4ccccc4-c4ccc5[nH]c6ccccc6c5c4)cccc32)cc1. The van der Waals surface area contributed by atoms with Gasteiger partial charge in [0.15, 0.2) is 0 Å². The van der Waals surface area contributed by atoms with E-state index in [-0.39, 0.29) is 0 Å². The Morgan fingerprint density at radius 2 is 0.922 bits per heavy atom. The van der Waals surface area contributed by atoms with Crippen molar-refractivity contribution in [2.75, 3.05) is 0 Å². The number of hydrogen-bond acceptors (Lipinski definition) is 0. The number of H-pyrrole nitrogens is 1. The van der Waals surface area contributed by atoms with Crippen molar-refractivity contribution in [1.82, 2.24) is 14.1 Å². The monoisotopic (exact) mass is 649 g/mol. The standard InChI is InChI=1S/C48H31N3/c1-2-13-33(14-3-1)50-45-23-11-7-18-38(45)48-35(19-12-24-47(48)50)32-26-28-46-40(30-32)37-17-6-10-22-44(37)51(46)43-21-9-5-15-34(43)31-25-27-42-39(29-31)36-16-4-8-20-41(36)49-42/h1-30,49H. The number of aromatic nitrogens is 3. The molecule has 3 aromatic heterocycles.